The van der Waals surface area contributed by atoms with Gasteiger partial charge in [-0.2, -0.15) is 0 Å². The molecular formula is C11H11NO4. The fourth-order valence-electron chi connectivity index (χ4n) is 1.24. The Morgan fingerprint density at radius 3 is 2.81 bits per heavy atom. The Morgan fingerprint density at radius 1 is 1.62 bits per heavy atom. The van der Waals surface area contributed by atoms with Crippen molar-refractivity contribution in [2.75, 3.05) is 6.61 Å². The van der Waals surface area contributed by atoms with Crippen LogP contribution in [0, 0.1) is 10.1 Å². The second-order valence-electron chi connectivity index (χ2n) is 3.07. The minimum absolute atomic E-state index is 0.0000926. The third-order valence-electron chi connectivity index (χ3n) is 1.92. The van der Waals surface area contributed by atoms with E-state index >= 15 is 0 Å². The summed E-state index contributed by atoms with van der Waals surface area (Å²) in [6, 6.07) is 4.24. The number of hydrogen-bond acceptors (Lipinski definition) is 4. The summed E-state index contributed by atoms with van der Waals surface area (Å²) in [4.78, 5) is 21.4. The second-order valence-corrected chi connectivity index (χ2v) is 3.07. The van der Waals surface area contributed by atoms with E-state index in [1.807, 2.05) is 0 Å². The Bertz CT molecular complexity index is 407. The van der Waals surface area contributed by atoms with Crippen LogP contribution in [-0.2, 0) is 0 Å². The second kappa shape index (κ2) is 5.06. The van der Waals surface area contributed by atoms with Crippen LogP contribution in [-0.4, -0.2) is 17.3 Å². The van der Waals surface area contributed by atoms with Gasteiger partial charge in [-0.15, -0.1) is 0 Å². The highest BCUT2D eigenvalue weighted by Gasteiger charge is 2.20. The zero-order chi connectivity index (χ0) is 12.1. The number of nitrogens with zero attached hydrogens (tertiary/aromatic N) is 1. The van der Waals surface area contributed by atoms with Crippen LogP contribution in [0.3, 0.4) is 0 Å². The van der Waals surface area contributed by atoms with Gasteiger partial charge in [-0.1, -0.05) is 18.7 Å². The van der Waals surface area contributed by atoms with Crippen LogP contribution in [0.1, 0.15) is 17.3 Å². The van der Waals surface area contributed by atoms with E-state index in [0.29, 0.717) is 0 Å². The quantitative estimate of drug-likeness (QED) is 0.331. The summed E-state index contributed by atoms with van der Waals surface area (Å²) in [5.41, 5.74) is -0.00870. The molecule has 0 aliphatic heterocycles. The minimum atomic E-state index is -0.579. The summed E-state index contributed by atoms with van der Waals surface area (Å²) < 4.78 is 5.16. The zero-order valence-electron chi connectivity index (χ0n) is 8.80. The van der Waals surface area contributed by atoms with Gasteiger partial charge in [-0.05, 0) is 13.0 Å². The normalized spacial score (nSPS) is 9.56. The van der Waals surface area contributed by atoms with Gasteiger partial charge in [0.25, 0.3) is 0 Å². The number of ketones is 1. The van der Waals surface area contributed by atoms with Gasteiger partial charge in [-0.25, -0.2) is 0 Å². The maximum atomic E-state index is 11.3. The van der Waals surface area contributed by atoms with E-state index in [1.165, 1.54) is 31.2 Å². The lowest BCUT2D eigenvalue weighted by Gasteiger charge is -2.07. The molecule has 0 aliphatic rings. The summed E-state index contributed by atoms with van der Waals surface area (Å²) in [6.45, 7) is 4.89. The maximum absolute atomic E-state index is 11.3. The lowest BCUT2D eigenvalue weighted by atomic mass is 10.1. The molecule has 0 heterocycles. The first kappa shape index (κ1) is 11.9. The molecule has 84 valence electrons. The van der Waals surface area contributed by atoms with Gasteiger partial charge in [0, 0.05) is 6.07 Å². The van der Waals surface area contributed by atoms with Crippen molar-refractivity contribution in [3.05, 3.63) is 46.5 Å². The lowest BCUT2D eigenvalue weighted by Crippen LogP contribution is -2.04. The summed E-state index contributed by atoms with van der Waals surface area (Å²) >= 11 is 0. The summed E-state index contributed by atoms with van der Waals surface area (Å²) in [5.74, 6) is -0.275. The van der Waals surface area contributed by atoms with E-state index in [0.717, 1.165) is 0 Å². The summed E-state index contributed by atoms with van der Waals surface area (Å²) in [5, 5.41) is 10.7. The molecule has 0 saturated carbocycles. The van der Waals surface area contributed by atoms with Crippen molar-refractivity contribution in [3.8, 4) is 5.75 Å². The van der Waals surface area contributed by atoms with Crippen LogP contribution in [0.5, 0.6) is 5.75 Å². The number of ether oxygens (including phenoxy) is 1. The number of nitro groups is 1. The highest BCUT2D eigenvalue weighted by Crippen LogP contribution is 2.31. The monoisotopic (exact) mass is 221 g/mol. The molecule has 0 radical (unpaired) electrons. The van der Waals surface area contributed by atoms with E-state index in [9.17, 15) is 14.9 Å². The van der Waals surface area contributed by atoms with Gasteiger partial charge < -0.3 is 4.74 Å². The molecule has 5 nitrogen and oxygen atoms in total. The number of rotatable bonds is 5. The van der Waals surface area contributed by atoms with Gasteiger partial charge >= 0.3 is 5.69 Å². The van der Waals surface area contributed by atoms with E-state index < -0.39 is 4.92 Å². The van der Waals surface area contributed by atoms with Crippen molar-refractivity contribution >= 4 is 11.5 Å². The van der Waals surface area contributed by atoms with Gasteiger partial charge in [0.05, 0.1) is 10.5 Å². The molecule has 0 N–H and O–H groups in total. The van der Waals surface area contributed by atoms with Crippen LogP contribution >= 0.6 is 0 Å². The molecule has 5 heteroatoms. The smallest absolute Gasteiger partial charge is 0.311 e. The molecule has 0 aliphatic carbocycles. The number of nitro benzene ring substituents is 1. The van der Waals surface area contributed by atoms with Crippen molar-refractivity contribution in [1.82, 2.24) is 0 Å². The minimum Gasteiger partial charge on any atom is -0.482 e. The summed E-state index contributed by atoms with van der Waals surface area (Å²) in [7, 11) is 0. The average molecular weight is 221 g/mol. The molecule has 0 amide bonds. The van der Waals surface area contributed by atoms with Gasteiger partial charge in [-0.3, -0.25) is 14.9 Å². The maximum Gasteiger partial charge on any atom is 0.311 e. The van der Waals surface area contributed by atoms with Crippen molar-refractivity contribution in [2.24, 2.45) is 0 Å². The highest BCUT2D eigenvalue weighted by atomic mass is 16.6. The first-order valence-corrected chi connectivity index (χ1v) is 4.60. The van der Waals surface area contributed by atoms with Crippen LogP contribution in [0.25, 0.3) is 0 Å². The first-order valence-electron chi connectivity index (χ1n) is 4.60. The Hall–Kier alpha value is -2.17. The molecule has 0 bridgehead atoms. The van der Waals surface area contributed by atoms with Gasteiger partial charge in [0.1, 0.15) is 6.61 Å². The van der Waals surface area contributed by atoms with E-state index in [-0.39, 0.29) is 29.4 Å². The lowest BCUT2D eigenvalue weighted by molar-refractivity contribution is -0.385. The summed E-state index contributed by atoms with van der Waals surface area (Å²) in [6.07, 6.45) is 1.46. The van der Waals surface area contributed by atoms with Crippen LogP contribution in [0.4, 0.5) is 5.69 Å². The van der Waals surface area contributed by atoms with E-state index in [1.54, 1.807) is 0 Å². The molecule has 1 aromatic carbocycles. The van der Waals surface area contributed by atoms with Crippen molar-refractivity contribution < 1.29 is 14.5 Å². The predicted octanol–water partition coefficient (Wildman–Crippen LogP) is 2.36. The number of benzene rings is 1. The standard InChI is InChI=1S/C11H11NO4/c1-3-7-16-11-9(8(2)13)5-4-6-10(11)12(14)15/h3-6H,1,7H2,2H3. The highest BCUT2D eigenvalue weighted by molar-refractivity contribution is 5.98. The number of carbonyl (C=O) groups excluding carboxylic acids is 1. The fourth-order valence-corrected chi connectivity index (χ4v) is 1.24. The van der Waals surface area contributed by atoms with Crippen molar-refractivity contribution in [1.29, 1.82) is 0 Å². The Morgan fingerprint density at radius 2 is 2.31 bits per heavy atom. The third kappa shape index (κ3) is 2.44. The molecule has 16 heavy (non-hydrogen) atoms. The zero-order valence-corrected chi connectivity index (χ0v) is 8.80. The SMILES string of the molecule is C=CCOc1c(C(C)=O)cccc1[N+](=O)[O-]. The van der Waals surface area contributed by atoms with E-state index in [4.69, 9.17) is 4.74 Å². The topological polar surface area (TPSA) is 69.4 Å². The molecule has 0 saturated heterocycles. The molecular weight excluding hydrogens is 210 g/mol. The van der Waals surface area contributed by atoms with Crippen molar-refractivity contribution in [3.63, 3.8) is 0 Å². The third-order valence-corrected chi connectivity index (χ3v) is 1.92. The molecule has 0 atom stereocenters. The fraction of sp³-hybridized carbons (Fsp3) is 0.182. The molecule has 1 aromatic rings. The molecule has 1 rings (SSSR count). The Labute approximate surface area is 92.5 Å². The first-order chi connectivity index (χ1) is 7.57. The van der Waals surface area contributed by atoms with Gasteiger partial charge in [0.15, 0.2) is 5.78 Å². The molecule has 0 unspecified atom stereocenters. The molecule has 0 spiro atoms. The van der Waals surface area contributed by atoms with E-state index in [2.05, 4.69) is 6.58 Å². The Kier molecular flexibility index (Phi) is 3.77. The molecule has 0 fully saturated rings. The number of hydrogen-bond donors (Lipinski definition) is 0. The number of para-hydroxylation sites is 1. The predicted molar refractivity (Wildman–Crippen MR) is 58.8 cm³/mol. The average Bonchev–Trinajstić information content (AvgIpc) is 2.25. The van der Waals surface area contributed by atoms with Crippen LogP contribution < -0.4 is 4.74 Å². The van der Waals surface area contributed by atoms with Crippen molar-refractivity contribution in [2.45, 2.75) is 6.92 Å². The Balaban J connectivity index is 3.28. The molecule has 0 aromatic heterocycles. The number of Topliss-reactive ketones (excluding diaryl/α,β-unsaturated/α-hetero) is 1. The van der Waals surface area contributed by atoms with Crippen LogP contribution in [0.15, 0.2) is 30.9 Å². The van der Waals surface area contributed by atoms with Gasteiger partial charge in [0.2, 0.25) is 5.75 Å². The number of carbonyl (C=O) groups is 1. The largest absolute Gasteiger partial charge is 0.482 e. The van der Waals surface area contributed by atoms with Crippen LogP contribution in [0.2, 0.25) is 0 Å².